The first-order valence-electron chi connectivity index (χ1n) is 7.67. The lowest BCUT2D eigenvalue weighted by atomic mass is 9.86. The Morgan fingerprint density at radius 2 is 2.00 bits per heavy atom. The number of ether oxygens (including phenoxy) is 1. The Balaban J connectivity index is 2.10. The van der Waals surface area contributed by atoms with Crippen LogP contribution in [-0.4, -0.2) is 42.5 Å². The Bertz CT molecular complexity index is 524. The number of carbonyl (C=O) groups excluding carboxylic acids is 3. The number of nitrogens with one attached hydrogen (secondary N) is 1. The number of allylic oxidation sites excluding steroid dienone is 2. The number of amides is 4. The molecule has 1 saturated carbocycles. The number of nitrogens with zero attached hydrogens (tertiary/aromatic N) is 1. The van der Waals surface area contributed by atoms with Gasteiger partial charge in [-0.2, -0.15) is 0 Å². The first-order valence-corrected chi connectivity index (χ1v) is 7.67. The van der Waals surface area contributed by atoms with Gasteiger partial charge < -0.3 is 4.74 Å². The number of barbiturate groups is 1. The molecule has 6 heteroatoms. The number of carbonyl (C=O) groups is 3. The molecule has 0 radical (unpaired) electrons. The van der Waals surface area contributed by atoms with Gasteiger partial charge in [0.1, 0.15) is 5.57 Å². The van der Waals surface area contributed by atoms with Gasteiger partial charge in [-0.1, -0.05) is 25.0 Å². The summed E-state index contributed by atoms with van der Waals surface area (Å²) < 4.78 is 5.47. The van der Waals surface area contributed by atoms with Crippen LogP contribution in [0.15, 0.2) is 23.8 Å². The fourth-order valence-electron chi connectivity index (χ4n) is 2.93. The van der Waals surface area contributed by atoms with E-state index in [2.05, 4.69) is 5.32 Å². The van der Waals surface area contributed by atoms with Gasteiger partial charge in [0.15, 0.2) is 0 Å². The molecular formula is C16H22N2O4. The molecule has 2 fully saturated rings. The molecule has 4 amide bonds. The van der Waals surface area contributed by atoms with Crippen molar-refractivity contribution >= 4 is 17.8 Å². The third kappa shape index (κ3) is 3.44. The summed E-state index contributed by atoms with van der Waals surface area (Å²) in [5.41, 5.74) is -0.0116. The van der Waals surface area contributed by atoms with E-state index in [1.807, 2.05) is 6.08 Å². The van der Waals surface area contributed by atoms with Gasteiger partial charge in [-0.05, 0) is 25.8 Å². The fourth-order valence-corrected chi connectivity index (χ4v) is 2.93. The van der Waals surface area contributed by atoms with Gasteiger partial charge >= 0.3 is 6.03 Å². The molecule has 1 heterocycles. The summed E-state index contributed by atoms with van der Waals surface area (Å²) in [7, 11) is 1.71. The second kappa shape index (κ2) is 7.35. The van der Waals surface area contributed by atoms with Crippen molar-refractivity contribution in [3.63, 3.8) is 0 Å². The van der Waals surface area contributed by atoms with Crippen molar-refractivity contribution in [2.75, 3.05) is 13.7 Å². The predicted octanol–water partition coefficient (Wildman–Crippen LogP) is 1.77. The molecule has 2 aliphatic rings. The van der Waals surface area contributed by atoms with Crippen LogP contribution in [0.3, 0.4) is 0 Å². The quantitative estimate of drug-likeness (QED) is 0.634. The van der Waals surface area contributed by atoms with Crippen molar-refractivity contribution in [2.45, 2.75) is 38.7 Å². The maximum Gasteiger partial charge on any atom is 0.331 e. The van der Waals surface area contributed by atoms with Crippen LogP contribution in [0.4, 0.5) is 4.79 Å². The summed E-state index contributed by atoms with van der Waals surface area (Å²) in [6.07, 6.45) is 9.76. The lowest BCUT2D eigenvalue weighted by molar-refractivity contribution is -0.130. The maximum absolute atomic E-state index is 12.1. The zero-order valence-electron chi connectivity index (χ0n) is 13.0. The highest BCUT2D eigenvalue weighted by Gasteiger charge is 2.34. The minimum absolute atomic E-state index is 0.0116. The van der Waals surface area contributed by atoms with Gasteiger partial charge in [-0.3, -0.25) is 19.8 Å². The Morgan fingerprint density at radius 3 is 2.68 bits per heavy atom. The molecule has 6 nitrogen and oxygen atoms in total. The van der Waals surface area contributed by atoms with Crippen molar-refractivity contribution in [3.05, 3.63) is 23.8 Å². The zero-order valence-corrected chi connectivity index (χ0v) is 13.0. The Kier molecular flexibility index (Phi) is 5.49. The minimum atomic E-state index is -0.662. The summed E-state index contributed by atoms with van der Waals surface area (Å²) in [4.78, 5) is 36.4. The van der Waals surface area contributed by atoms with Gasteiger partial charge in [-0.25, -0.2) is 4.79 Å². The van der Waals surface area contributed by atoms with Gasteiger partial charge in [0, 0.05) is 19.6 Å². The fraction of sp³-hybridized carbons (Fsp3) is 0.562. The van der Waals surface area contributed by atoms with Crippen LogP contribution in [0.2, 0.25) is 0 Å². The number of imide groups is 2. The SMILES string of the molecule is CCN1C(=O)NC(=O)/C(=C\C=C\C2CCCCC2OC)C1=O. The Hall–Kier alpha value is -1.95. The van der Waals surface area contributed by atoms with Crippen molar-refractivity contribution in [1.82, 2.24) is 10.2 Å². The van der Waals surface area contributed by atoms with Gasteiger partial charge in [0.25, 0.3) is 11.8 Å². The Morgan fingerprint density at radius 1 is 1.27 bits per heavy atom. The highest BCUT2D eigenvalue weighted by molar-refractivity contribution is 6.28. The molecule has 2 rings (SSSR count). The predicted molar refractivity (Wildman–Crippen MR) is 80.9 cm³/mol. The van der Waals surface area contributed by atoms with Crippen molar-refractivity contribution in [2.24, 2.45) is 5.92 Å². The van der Waals surface area contributed by atoms with E-state index in [1.54, 1.807) is 20.1 Å². The summed E-state index contributed by atoms with van der Waals surface area (Å²) in [5, 5.41) is 2.17. The van der Waals surface area contributed by atoms with E-state index in [-0.39, 0.29) is 18.2 Å². The molecule has 0 spiro atoms. The number of hydrogen-bond donors (Lipinski definition) is 1. The number of methoxy groups -OCH3 is 1. The molecule has 120 valence electrons. The first-order chi connectivity index (χ1) is 10.6. The van der Waals surface area contributed by atoms with E-state index >= 15 is 0 Å². The molecule has 2 unspecified atom stereocenters. The maximum atomic E-state index is 12.1. The van der Waals surface area contributed by atoms with Crippen LogP contribution in [0.5, 0.6) is 0 Å². The van der Waals surface area contributed by atoms with Crippen LogP contribution >= 0.6 is 0 Å². The summed E-state index contributed by atoms with van der Waals surface area (Å²) >= 11 is 0. The highest BCUT2D eigenvalue weighted by atomic mass is 16.5. The van der Waals surface area contributed by atoms with E-state index in [9.17, 15) is 14.4 Å². The zero-order chi connectivity index (χ0) is 16.1. The van der Waals surface area contributed by atoms with Gasteiger partial charge in [0.05, 0.1) is 6.10 Å². The van der Waals surface area contributed by atoms with Crippen molar-refractivity contribution < 1.29 is 19.1 Å². The average Bonchev–Trinajstić information content (AvgIpc) is 2.51. The second-order valence-corrected chi connectivity index (χ2v) is 5.50. The van der Waals surface area contributed by atoms with Crippen molar-refractivity contribution in [3.8, 4) is 0 Å². The molecule has 0 aromatic carbocycles. The summed E-state index contributed by atoms with van der Waals surface area (Å²) in [6, 6.07) is -0.662. The van der Waals surface area contributed by atoms with Gasteiger partial charge in [0.2, 0.25) is 0 Å². The third-order valence-electron chi connectivity index (χ3n) is 4.18. The van der Waals surface area contributed by atoms with E-state index in [0.29, 0.717) is 5.92 Å². The molecule has 1 aliphatic heterocycles. The lowest BCUT2D eigenvalue weighted by Crippen LogP contribution is -2.53. The van der Waals surface area contributed by atoms with Crippen LogP contribution in [0.25, 0.3) is 0 Å². The molecule has 22 heavy (non-hydrogen) atoms. The van der Waals surface area contributed by atoms with E-state index in [1.165, 1.54) is 12.5 Å². The number of hydrogen-bond acceptors (Lipinski definition) is 4. The van der Waals surface area contributed by atoms with Crippen LogP contribution in [0, 0.1) is 5.92 Å². The normalized spacial score (nSPS) is 28.5. The van der Waals surface area contributed by atoms with E-state index in [4.69, 9.17) is 4.74 Å². The lowest BCUT2D eigenvalue weighted by Gasteiger charge is -2.28. The van der Waals surface area contributed by atoms with Crippen LogP contribution in [-0.2, 0) is 14.3 Å². The average molecular weight is 306 g/mol. The topological polar surface area (TPSA) is 75.7 Å². The van der Waals surface area contributed by atoms with Gasteiger partial charge in [-0.15, -0.1) is 0 Å². The third-order valence-corrected chi connectivity index (χ3v) is 4.18. The summed E-state index contributed by atoms with van der Waals surface area (Å²) in [5.74, 6) is -0.898. The molecule has 1 aliphatic carbocycles. The second-order valence-electron chi connectivity index (χ2n) is 5.50. The van der Waals surface area contributed by atoms with Crippen molar-refractivity contribution in [1.29, 1.82) is 0 Å². The number of urea groups is 1. The molecule has 1 saturated heterocycles. The van der Waals surface area contributed by atoms with E-state index in [0.717, 1.165) is 24.2 Å². The van der Waals surface area contributed by atoms with E-state index < -0.39 is 17.8 Å². The number of likely N-dealkylation sites (N-methyl/N-ethyl adjacent to an activating group) is 1. The highest BCUT2D eigenvalue weighted by Crippen LogP contribution is 2.27. The number of rotatable bonds is 4. The molecule has 0 aromatic rings. The summed E-state index contributed by atoms with van der Waals surface area (Å²) in [6.45, 7) is 1.92. The standard InChI is InChI=1S/C16H22N2O4/c1-3-18-15(20)12(14(19)17-16(18)21)9-6-8-11-7-4-5-10-13(11)22-2/h6,8-9,11,13H,3-5,7,10H2,1-2H3,(H,17,19,21)/b8-6+,12-9+. The molecular weight excluding hydrogens is 284 g/mol. The minimum Gasteiger partial charge on any atom is -0.381 e. The largest absolute Gasteiger partial charge is 0.381 e. The Labute approximate surface area is 130 Å². The molecule has 0 aromatic heterocycles. The monoisotopic (exact) mass is 306 g/mol. The molecule has 1 N–H and O–H groups in total. The molecule has 0 bridgehead atoms. The van der Waals surface area contributed by atoms with Crippen LogP contribution < -0.4 is 5.32 Å². The van der Waals surface area contributed by atoms with Crippen LogP contribution in [0.1, 0.15) is 32.6 Å². The first kappa shape index (κ1) is 16.4. The smallest absolute Gasteiger partial charge is 0.331 e. The molecule has 2 atom stereocenters.